The SMILES string of the molecule is CC1CC2CCCCC2N1Cc1ccc(S(=O)(=O)N(C)C)o1. The van der Waals surface area contributed by atoms with E-state index in [0.29, 0.717) is 18.6 Å². The number of nitrogens with zero attached hydrogens (tertiary/aromatic N) is 2. The van der Waals surface area contributed by atoms with E-state index in [1.54, 1.807) is 12.1 Å². The molecule has 124 valence electrons. The highest BCUT2D eigenvalue weighted by Crippen LogP contribution is 2.40. The number of sulfonamides is 1. The van der Waals surface area contributed by atoms with Crippen LogP contribution in [0.3, 0.4) is 0 Å². The minimum absolute atomic E-state index is 0.0412. The summed E-state index contributed by atoms with van der Waals surface area (Å²) in [5.74, 6) is 1.56. The van der Waals surface area contributed by atoms with E-state index in [9.17, 15) is 8.42 Å². The third kappa shape index (κ3) is 2.84. The van der Waals surface area contributed by atoms with Crippen molar-refractivity contribution in [2.75, 3.05) is 14.1 Å². The fraction of sp³-hybridized carbons (Fsp3) is 0.750. The van der Waals surface area contributed by atoms with Crippen molar-refractivity contribution in [3.05, 3.63) is 17.9 Å². The molecule has 0 N–H and O–H groups in total. The Balaban J connectivity index is 1.75. The molecule has 1 aromatic rings. The van der Waals surface area contributed by atoms with E-state index in [0.717, 1.165) is 11.7 Å². The Morgan fingerprint density at radius 2 is 2.00 bits per heavy atom. The zero-order chi connectivity index (χ0) is 15.9. The second-order valence-corrected chi connectivity index (χ2v) is 8.96. The van der Waals surface area contributed by atoms with E-state index in [4.69, 9.17) is 4.42 Å². The lowest BCUT2D eigenvalue weighted by Crippen LogP contribution is -2.37. The van der Waals surface area contributed by atoms with Crippen molar-refractivity contribution in [3.8, 4) is 0 Å². The third-order valence-corrected chi connectivity index (χ3v) is 6.90. The van der Waals surface area contributed by atoms with Gasteiger partial charge in [0, 0.05) is 26.2 Å². The molecule has 2 aliphatic rings. The van der Waals surface area contributed by atoms with E-state index in [1.807, 2.05) is 0 Å². The number of hydrogen-bond acceptors (Lipinski definition) is 4. The van der Waals surface area contributed by atoms with E-state index >= 15 is 0 Å². The molecular formula is C16H26N2O3S. The molecular weight excluding hydrogens is 300 g/mol. The molecule has 1 saturated carbocycles. The molecule has 22 heavy (non-hydrogen) atoms. The van der Waals surface area contributed by atoms with Crippen molar-refractivity contribution in [1.82, 2.24) is 9.21 Å². The van der Waals surface area contributed by atoms with Gasteiger partial charge in [-0.25, -0.2) is 12.7 Å². The second-order valence-electron chi connectivity index (χ2n) is 6.88. The van der Waals surface area contributed by atoms with Crippen LogP contribution in [0.1, 0.15) is 44.8 Å². The first-order valence-electron chi connectivity index (χ1n) is 8.16. The van der Waals surface area contributed by atoms with Crippen LogP contribution in [0.2, 0.25) is 0 Å². The Morgan fingerprint density at radius 1 is 1.27 bits per heavy atom. The third-order valence-electron chi connectivity index (χ3n) is 5.22. The normalized spacial score (nSPS) is 29.9. The quantitative estimate of drug-likeness (QED) is 0.853. The zero-order valence-corrected chi connectivity index (χ0v) is 14.5. The average Bonchev–Trinajstić information content (AvgIpc) is 3.05. The minimum atomic E-state index is -3.48. The number of fused-ring (bicyclic) bond motifs is 1. The summed E-state index contributed by atoms with van der Waals surface area (Å²) in [7, 11) is -0.437. The van der Waals surface area contributed by atoms with Gasteiger partial charge in [0.25, 0.3) is 10.0 Å². The minimum Gasteiger partial charge on any atom is -0.447 e. The van der Waals surface area contributed by atoms with Crippen LogP contribution < -0.4 is 0 Å². The molecule has 6 heteroatoms. The Morgan fingerprint density at radius 3 is 2.73 bits per heavy atom. The summed E-state index contributed by atoms with van der Waals surface area (Å²) in [5, 5.41) is 0.0412. The van der Waals surface area contributed by atoms with Crippen LogP contribution in [0.5, 0.6) is 0 Å². The van der Waals surface area contributed by atoms with E-state index in [2.05, 4.69) is 11.8 Å². The number of hydrogen-bond donors (Lipinski definition) is 0. The van der Waals surface area contributed by atoms with Crippen LogP contribution >= 0.6 is 0 Å². The molecule has 5 nitrogen and oxygen atoms in total. The van der Waals surface area contributed by atoms with Gasteiger partial charge in [-0.2, -0.15) is 0 Å². The van der Waals surface area contributed by atoms with Crippen molar-refractivity contribution in [2.24, 2.45) is 5.92 Å². The summed E-state index contributed by atoms with van der Waals surface area (Å²) in [6.45, 7) is 2.99. The highest BCUT2D eigenvalue weighted by Gasteiger charge is 2.40. The lowest BCUT2D eigenvalue weighted by Gasteiger charge is -2.32. The Bertz CT molecular complexity index is 623. The van der Waals surface area contributed by atoms with Gasteiger partial charge in [-0.3, -0.25) is 4.90 Å². The lowest BCUT2D eigenvalue weighted by atomic mass is 9.85. The molecule has 0 aromatic carbocycles. The molecule has 3 rings (SSSR count). The van der Waals surface area contributed by atoms with E-state index < -0.39 is 10.0 Å². The maximum atomic E-state index is 12.1. The standard InChI is InChI=1S/C16H26N2O3S/c1-12-10-13-6-4-5-7-15(13)18(12)11-14-8-9-16(21-14)22(19,20)17(2)3/h8-9,12-13,15H,4-7,10-11H2,1-3H3. The topological polar surface area (TPSA) is 53.8 Å². The lowest BCUT2D eigenvalue weighted by molar-refractivity contribution is 0.136. The summed E-state index contributed by atoms with van der Waals surface area (Å²) < 4.78 is 31.0. The molecule has 3 unspecified atom stereocenters. The molecule has 1 aromatic heterocycles. The Hall–Kier alpha value is -0.850. The summed E-state index contributed by atoms with van der Waals surface area (Å²) in [5.41, 5.74) is 0. The fourth-order valence-electron chi connectivity index (χ4n) is 4.01. The molecule has 2 heterocycles. The van der Waals surface area contributed by atoms with Gasteiger partial charge >= 0.3 is 0 Å². The van der Waals surface area contributed by atoms with Gasteiger partial charge < -0.3 is 4.42 Å². The summed E-state index contributed by atoms with van der Waals surface area (Å²) in [4.78, 5) is 2.51. The highest BCUT2D eigenvalue weighted by molar-refractivity contribution is 7.88. The molecule has 3 atom stereocenters. The molecule has 0 bridgehead atoms. The monoisotopic (exact) mass is 326 g/mol. The predicted molar refractivity (Wildman–Crippen MR) is 84.9 cm³/mol. The van der Waals surface area contributed by atoms with Crippen molar-refractivity contribution in [1.29, 1.82) is 0 Å². The number of furan rings is 1. The maximum absolute atomic E-state index is 12.1. The van der Waals surface area contributed by atoms with Crippen LogP contribution in [-0.2, 0) is 16.6 Å². The number of rotatable bonds is 4. The largest absolute Gasteiger partial charge is 0.447 e. The van der Waals surface area contributed by atoms with Crippen LogP contribution in [0.4, 0.5) is 0 Å². The van der Waals surface area contributed by atoms with Crippen LogP contribution in [0.15, 0.2) is 21.6 Å². The van der Waals surface area contributed by atoms with Gasteiger partial charge in [0.1, 0.15) is 5.76 Å². The highest BCUT2D eigenvalue weighted by atomic mass is 32.2. The summed E-state index contributed by atoms with van der Waals surface area (Å²) in [6.07, 6.45) is 6.52. The second kappa shape index (κ2) is 5.98. The van der Waals surface area contributed by atoms with Gasteiger partial charge in [-0.1, -0.05) is 12.8 Å². The molecule has 2 fully saturated rings. The van der Waals surface area contributed by atoms with Crippen LogP contribution in [-0.4, -0.2) is 43.8 Å². The molecule has 1 saturated heterocycles. The van der Waals surface area contributed by atoms with Crippen LogP contribution in [0.25, 0.3) is 0 Å². The van der Waals surface area contributed by atoms with Crippen molar-refractivity contribution in [3.63, 3.8) is 0 Å². The van der Waals surface area contributed by atoms with Crippen molar-refractivity contribution >= 4 is 10.0 Å². The van der Waals surface area contributed by atoms with Gasteiger partial charge in [0.05, 0.1) is 6.54 Å². The smallest absolute Gasteiger partial charge is 0.275 e. The molecule has 0 amide bonds. The van der Waals surface area contributed by atoms with E-state index in [1.165, 1.54) is 50.5 Å². The first kappa shape index (κ1) is 16.0. The molecule has 0 radical (unpaired) electrons. The van der Waals surface area contributed by atoms with Crippen molar-refractivity contribution < 1.29 is 12.8 Å². The molecule has 1 aliphatic heterocycles. The maximum Gasteiger partial charge on any atom is 0.275 e. The molecule has 0 spiro atoms. The summed E-state index contributed by atoms with van der Waals surface area (Å²) in [6, 6.07) is 4.57. The van der Waals surface area contributed by atoms with Gasteiger partial charge in [0.2, 0.25) is 5.09 Å². The number of likely N-dealkylation sites (tertiary alicyclic amines) is 1. The van der Waals surface area contributed by atoms with Crippen LogP contribution in [0, 0.1) is 5.92 Å². The fourth-order valence-corrected chi connectivity index (χ4v) is 4.83. The predicted octanol–water partition coefficient (Wildman–Crippen LogP) is 2.68. The first-order chi connectivity index (χ1) is 10.4. The van der Waals surface area contributed by atoms with Crippen molar-refractivity contribution in [2.45, 2.75) is 62.7 Å². The van der Waals surface area contributed by atoms with Gasteiger partial charge in [0.15, 0.2) is 0 Å². The Labute approximate surface area is 133 Å². The molecule has 1 aliphatic carbocycles. The Kier molecular flexibility index (Phi) is 4.36. The summed E-state index contributed by atoms with van der Waals surface area (Å²) >= 11 is 0. The van der Waals surface area contributed by atoms with Gasteiger partial charge in [-0.05, 0) is 44.2 Å². The first-order valence-corrected chi connectivity index (χ1v) is 9.60. The zero-order valence-electron chi connectivity index (χ0n) is 13.7. The van der Waals surface area contributed by atoms with E-state index in [-0.39, 0.29) is 5.09 Å². The average molecular weight is 326 g/mol. The van der Waals surface area contributed by atoms with Gasteiger partial charge in [-0.15, -0.1) is 0 Å².